The first kappa shape index (κ1) is 17.0. The van der Waals surface area contributed by atoms with Gasteiger partial charge in [-0.05, 0) is 24.3 Å². The lowest BCUT2D eigenvalue weighted by atomic mass is 9.85. The van der Waals surface area contributed by atoms with Gasteiger partial charge in [0.2, 0.25) is 0 Å². The number of hydrogen-bond donors (Lipinski definition) is 2. The molecule has 3 N–H and O–H groups in total. The molecule has 0 aromatic carbocycles. The van der Waals surface area contributed by atoms with Crippen molar-refractivity contribution in [2.24, 2.45) is 5.73 Å². The average Bonchev–Trinajstić information content (AvgIpc) is 3.01. The Morgan fingerprint density at radius 2 is 1.52 bits per heavy atom. The highest BCUT2D eigenvalue weighted by molar-refractivity contribution is 7.09. The highest BCUT2D eigenvalue weighted by atomic mass is 32.1. The number of hydrogen-bond acceptors (Lipinski definition) is 3. The standard InChI is InChI=1S/C18H32N2S/c19-16-18(20-15-17-11-10-14-21-17)12-8-6-4-2-1-3-5-7-9-13-18/h10-11,14,20H,1-9,12-13,15-16,19H2. The highest BCUT2D eigenvalue weighted by Crippen LogP contribution is 2.25. The first-order valence-corrected chi connectivity index (χ1v) is 9.70. The Bertz CT molecular complexity index is 349. The molecule has 1 heterocycles. The largest absolute Gasteiger partial charge is 0.329 e. The zero-order valence-electron chi connectivity index (χ0n) is 13.4. The minimum atomic E-state index is 0.170. The summed E-state index contributed by atoms with van der Waals surface area (Å²) in [6, 6.07) is 4.36. The molecule has 21 heavy (non-hydrogen) atoms. The van der Waals surface area contributed by atoms with Crippen LogP contribution in [0.25, 0.3) is 0 Å². The monoisotopic (exact) mass is 308 g/mol. The van der Waals surface area contributed by atoms with Crippen LogP contribution < -0.4 is 11.1 Å². The van der Waals surface area contributed by atoms with Gasteiger partial charge in [0.05, 0.1) is 0 Å². The van der Waals surface area contributed by atoms with Gasteiger partial charge in [-0.25, -0.2) is 0 Å². The van der Waals surface area contributed by atoms with Gasteiger partial charge in [0.25, 0.3) is 0 Å². The average molecular weight is 309 g/mol. The maximum atomic E-state index is 6.20. The van der Waals surface area contributed by atoms with Crippen LogP contribution in [0.4, 0.5) is 0 Å². The number of thiophene rings is 1. The topological polar surface area (TPSA) is 38.0 Å². The third-order valence-corrected chi connectivity index (χ3v) is 5.80. The van der Waals surface area contributed by atoms with E-state index < -0.39 is 0 Å². The lowest BCUT2D eigenvalue weighted by molar-refractivity contribution is 0.265. The van der Waals surface area contributed by atoms with Crippen LogP contribution in [-0.4, -0.2) is 12.1 Å². The van der Waals surface area contributed by atoms with Crippen LogP contribution >= 0.6 is 11.3 Å². The van der Waals surface area contributed by atoms with Gasteiger partial charge in [-0.15, -0.1) is 11.3 Å². The van der Waals surface area contributed by atoms with Crippen molar-refractivity contribution < 1.29 is 0 Å². The fourth-order valence-electron chi connectivity index (χ4n) is 3.43. The predicted octanol–water partition coefficient (Wildman–Crippen LogP) is 4.84. The van der Waals surface area contributed by atoms with E-state index in [1.54, 1.807) is 0 Å². The summed E-state index contributed by atoms with van der Waals surface area (Å²) in [5.41, 5.74) is 6.37. The summed E-state index contributed by atoms with van der Waals surface area (Å²) < 4.78 is 0. The van der Waals surface area contributed by atoms with Crippen molar-refractivity contribution in [1.29, 1.82) is 0 Å². The number of nitrogens with one attached hydrogen (secondary N) is 1. The summed E-state index contributed by atoms with van der Waals surface area (Å²) in [6.45, 7) is 1.76. The third kappa shape index (κ3) is 6.09. The Kier molecular flexibility index (Phi) is 7.76. The minimum Gasteiger partial charge on any atom is -0.329 e. The van der Waals surface area contributed by atoms with E-state index in [4.69, 9.17) is 5.73 Å². The van der Waals surface area contributed by atoms with Crippen molar-refractivity contribution in [2.45, 2.75) is 82.7 Å². The predicted molar refractivity (Wildman–Crippen MR) is 93.7 cm³/mol. The van der Waals surface area contributed by atoms with Crippen LogP contribution in [0.5, 0.6) is 0 Å². The quantitative estimate of drug-likeness (QED) is 0.835. The second-order valence-electron chi connectivity index (χ2n) is 6.60. The molecule has 1 fully saturated rings. The van der Waals surface area contributed by atoms with Gasteiger partial charge in [-0.3, -0.25) is 0 Å². The summed E-state index contributed by atoms with van der Waals surface area (Å²) in [5, 5.41) is 5.98. The van der Waals surface area contributed by atoms with Gasteiger partial charge in [-0.1, -0.05) is 63.9 Å². The zero-order chi connectivity index (χ0) is 14.8. The van der Waals surface area contributed by atoms with Gasteiger partial charge < -0.3 is 11.1 Å². The van der Waals surface area contributed by atoms with Crippen molar-refractivity contribution >= 4 is 11.3 Å². The molecule has 1 aromatic heterocycles. The molecule has 1 aliphatic rings. The molecule has 0 aliphatic heterocycles. The van der Waals surface area contributed by atoms with Crippen LogP contribution in [0.1, 0.15) is 75.5 Å². The van der Waals surface area contributed by atoms with Gasteiger partial charge in [0, 0.05) is 23.5 Å². The molecule has 0 amide bonds. The fourth-order valence-corrected chi connectivity index (χ4v) is 4.07. The molecule has 0 bridgehead atoms. The van der Waals surface area contributed by atoms with E-state index in [1.165, 1.54) is 75.5 Å². The highest BCUT2D eigenvalue weighted by Gasteiger charge is 2.27. The molecule has 0 unspecified atom stereocenters. The van der Waals surface area contributed by atoms with E-state index in [0.717, 1.165) is 13.1 Å². The van der Waals surface area contributed by atoms with Crippen molar-refractivity contribution in [3.05, 3.63) is 22.4 Å². The van der Waals surface area contributed by atoms with Gasteiger partial charge in [-0.2, -0.15) is 0 Å². The summed E-state index contributed by atoms with van der Waals surface area (Å²) in [7, 11) is 0. The lowest BCUT2D eigenvalue weighted by Crippen LogP contribution is -2.50. The normalized spacial score (nSPS) is 21.4. The molecule has 1 aliphatic carbocycles. The molecular weight excluding hydrogens is 276 g/mol. The number of nitrogens with two attached hydrogens (primary N) is 1. The van der Waals surface area contributed by atoms with E-state index in [9.17, 15) is 0 Å². The molecule has 2 rings (SSSR count). The SMILES string of the molecule is NCC1(NCc2cccs2)CCCCCCCCCCC1. The van der Waals surface area contributed by atoms with Crippen LogP contribution in [0, 0.1) is 0 Å². The fraction of sp³-hybridized carbons (Fsp3) is 0.778. The molecule has 0 radical (unpaired) electrons. The summed E-state index contributed by atoms with van der Waals surface area (Å²) in [6.07, 6.45) is 15.0. The Hall–Kier alpha value is -0.380. The maximum absolute atomic E-state index is 6.20. The molecular formula is C18H32N2S. The van der Waals surface area contributed by atoms with Gasteiger partial charge in [0.1, 0.15) is 0 Å². The molecule has 0 saturated heterocycles. The Morgan fingerprint density at radius 1 is 0.952 bits per heavy atom. The molecule has 0 spiro atoms. The second-order valence-corrected chi connectivity index (χ2v) is 7.63. The minimum absolute atomic E-state index is 0.170. The van der Waals surface area contributed by atoms with E-state index >= 15 is 0 Å². The molecule has 120 valence electrons. The third-order valence-electron chi connectivity index (χ3n) is 4.92. The first-order chi connectivity index (χ1) is 10.3. The lowest BCUT2D eigenvalue weighted by Gasteiger charge is -2.34. The van der Waals surface area contributed by atoms with E-state index in [1.807, 2.05) is 11.3 Å². The van der Waals surface area contributed by atoms with Gasteiger partial charge >= 0.3 is 0 Å². The van der Waals surface area contributed by atoms with Crippen molar-refractivity contribution in [1.82, 2.24) is 5.32 Å². The van der Waals surface area contributed by atoms with E-state index in [0.29, 0.717) is 0 Å². The van der Waals surface area contributed by atoms with Crippen LogP contribution in [0.3, 0.4) is 0 Å². The molecule has 0 atom stereocenters. The number of rotatable bonds is 4. The first-order valence-electron chi connectivity index (χ1n) is 8.82. The Labute approximate surface area is 134 Å². The molecule has 1 aromatic rings. The summed E-state index contributed by atoms with van der Waals surface area (Å²) >= 11 is 1.84. The van der Waals surface area contributed by atoms with Crippen molar-refractivity contribution in [2.75, 3.05) is 6.54 Å². The van der Waals surface area contributed by atoms with Crippen LogP contribution in [0.15, 0.2) is 17.5 Å². The van der Waals surface area contributed by atoms with Crippen molar-refractivity contribution in [3.8, 4) is 0 Å². The van der Waals surface area contributed by atoms with Gasteiger partial charge in [0.15, 0.2) is 0 Å². The van der Waals surface area contributed by atoms with E-state index in [2.05, 4.69) is 22.8 Å². The smallest absolute Gasteiger partial charge is 0.0307 e. The molecule has 2 nitrogen and oxygen atoms in total. The van der Waals surface area contributed by atoms with Crippen molar-refractivity contribution in [3.63, 3.8) is 0 Å². The van der Waals surface area contributed by atoms with Crippen LogP contribution in [0.2, 0.25) is 0 Å². The molecule has 1 saturated carbocycles. The Morgan fingerprint density at radius 3 is 2.00 bits per heavy atom. The second kappa shape index (κ2) is 9.60. The van der Waals surface area contributed by atoms with E-state index in [-0.39, 0.29) is 5.54 Å². The van der Waals surface area contributed by atoms with Crippen LogP contribution in [-0.2, 0) is 6.54 Å². The summed E-state index contributed by atoms with van der Waals surface area (Å²) in [5.74, 6) is 0. The Balaban J connectivity index is 1.89. The summed E-state index contributed by atoms with van der Waals surface area (Å²) in [4.78, 5) is 1.42. The molecule has 3 heteroatoms. The maximum Gasteiger partial charge on any atom is 0.0307 e. The zero-order valence-corrected chi connectivity index (χ0v) is 14.2.